The standard InChI is InChI=1S/C15H23N3O2S/c1-5-10-9-11(12(16)21-10)13-17-14(18-20-13)15(6-2,7-3)19-8-4/h9H,5-8,16H2,1-4H3. The molecule has 5 nitrogen and oxygen atoms in total. The third kappa shape index (κ3) is 2.96. The lowest BCUT2D eigenvalue weighted by atomic mass is 9.96. The van der Waals surface area contributed by atoms with Crippen molar-refractivity contribution in [3.8, 4) is 11.5 Å². The average Bonchev–Trinajstić information content (AvgIpc) is 3.11. The van der Waals surface area contributed by atoms with Crippen molar-refractivity contribution in [1.29, 1.82) is 0 Å². The highest BCUT2D eigenvalue weighted by atomic mass is 32.1. The van der Waals surface area contributed by atoms with Gasteiger partial charge in [-0.2, -0.15) is 4.98 Å². The van der Waals surface area contributed by atoms with Gasteiger partial charge in [-0.25, -0.2) is 0 Å². The van der Waals surface area contributed by atoms with Gasteiger partial charge >= 0.3 is 0 Å². The first-order valence-electron chi connectivity index (χ1n) is 7.46. The van der Waals surface area contributed by atoms with E-state index in [1.165, 1.54) is 4.88 Å². The molecular formula is C15H23N3O2S. The van der Waals surface area contributed by atoms with Crippen molar-refractivity contribution in [2.75, 3.05) is 12.3 Å². The number of nitrogens with two attached hydrogens (primary N) is 1. The van der Waals surface area contributed by atoms with Crippen molar-refractivity contribution in [1.82, 2.24) is 10.1 Å². The summed E-state index contributed by atoms with van der Waals surface area (Å²) >= 11 is 1.57. The summed E-state index contributed by atoms with van der Waals surface area (Å²) in [6.45, 7) is 8.84. The highest BCUT2D eigenvalue weighted by Crippen LogP contribution is 2.36. The van der Waals surface area contributed by atoms with E-state index in [2.05, 4.69) is 30.9 Å². The van der Waals surface area contributed by atoms with Crippen molar-refractivity contribution in [2.24, 2.45) is 0 Å². The predicted octanol–water partition coefficient (Wildman–Crippen LogP) is 3.99. The van der Waals surface area contributed by atoms with E-state index in [4.69, 9.17) is 15.0 Å². The molecule has 2 aromatic rings. The number of nitrogen functional groups attached to an aromatic ring is 1. The maximum atomic E-state index is 6.05. The quantitative estimate of drug-likeness (QED) is 0.837. The van der Waals surface area contributed by atoms with Crippen molar-refractivity contribution in [2.45, 2.75) is 52.6 Å². The second-order valence-electron chi connectivity index (χ2n) is 4.90. The minimum Gasteiger partial charge on any atom is -0.390 e. The monoisotopic (exact) mass is 309 g/mol. The summed E-state index contributed by atoms with van der Waals surface area (Å²) in [4.78, 5) is 5.76. The smallest absolute Gasteiger partial charge is 0.261 e. The fourth-order valence-corrected chi connectivity index (χ4v) is 3.29. The molecule has 0 spiro atoms. The lowest BCUT2D eigenvalue weighted by Crippen LogP contribution is -2.29. The summed E-state index contributed by atoms with van der Waals surface area (Å²) in [5.74, 6) is 1.08. The van der Waals surface area contributed by atoms with Crippen LogP contribution in [0.25, 0.3) is 11.5 Å². The molecule has 0 unspecified atom stereocenters. The number of anilines is 1. The maximum Gasteiger partial charge on any atom is 0.261 e. The molecule has 116 valence electrons. The fourth-order valence-electron chi connectivity index (χ4n) is 2.43. The molecule has 2 rings (SSSR count). The van der Waals surface area contributed by atoms with E-state index in [0.29, 0.717) is 18.3 Å². The number of ether oxygens (including phenoxy) is 1. The van der Waals surface area contributed by atoms with Crippen LogP contribution in [0.15, 0.2) is 10.6 Å². The van der Waals surface area contributed by atoms with E-state index in [1.807, 2.05) is 13.0 Å². The number of thiophene rings is 1. The number of rotatable bonds is 7. The van der Waals surface area contributed by atoms with Gasteiger partial charge in [0.2, 0.25) is 5.82 Å². The zero-order valence-electron chi connectivity index (χ0n) is 13.1. The van der Waals surface area contributed by atoms with Gasteiger partial charge in [0.1, 0.15) is 5.60 Å². The Morgan fingerprint density at radius 3 is 2.52 bits per heavy atom. The van der Waals surface area contributed by atoms with Crippen molar-refractivity contribution >= 4 is 16.3 Å². The zero-order valence-corrected chi connectivity index (χ0v) is 13.9. The largest absolute Gasteiger partial charge is 0.390 e. The molecule has 0 fully saturated rings. The van der Waals surface area contributed by atoms with Gasteiger partial charge in [0.15, 0.2) is 0 Å². The van der Waals surface area contributed by atoms with Crippen LogP contribution in [0.3, 0.4) is 0 Å². The van der Waals surface area contributed by atoms with E-state index < -0.39 is 5.60 Å². The molecule has 0 saturated heterocycles. The zero-order chi connectivity index (χ0) is 15.5. The molecular weight excluding hydrogens is 286 g/mol. The Morgan fingerprint density at radius 1 is 1.29 bits per heavy atom. The third-order valence-electron chi connectivity index (χ3n) is 3.79. The molecule has 0 bridgehead atoms. The summed E-state index contributed by atoms with van der Waals surface area (Å²) in [7, 11) is 0. The lowest BCUT2D eigenvalue weighted by molar-refractivity contribution is -0.0583. The van der Waals surface area contributed by atoms with Gasteiger partial charge in [-0.05, 0) is 32.3 Å². The van der Waals surface area contributed by atoms with Crippen LogP contribution in [0.4, 0.5) is 5.00 Å². The molecule has 0 aliphatic carbocycles. The summed E-state index contributed by atoms with van der Waals surface area (Å²) in [5, 5.41) is 4.86. The second kappa shape index (κ2) is 6.58. The van der Waals surface area contributed by atoms with Gasteiger partial charge in [-0.1, -0.05) is 25.9 Å². The number of aromatic nitrogens is 2. The van der Waals surface area contributed by atoms with Crippen LogP contribution in [-0.2, 0) is 16.8 Å². The molecule has 2 N–H and O–H groups in total. The number of hydrogen-bond donors (Lipinski definition) is 1. The van der Waals surface area contributed by atoms with Crippen molar-refractivity contribution in [3.63, 3.8) is 0 Å². The Hall–Kier alpha value is -1.40. The average molecular weight is 309 g/mol. The van der Waals surface area contributed by atoms with Crippen molar-refractivity contribution in [3.05, 3.63) is 16.8 Å². The third-order valence-corrected chi connectivity index (χ3v) is 4.90. The first kappa shape index (κ1) is 16.0. The number of aryl methyl sites for hydroxylation is 1. The summed E-state index contributed by atoms with van der Waals surface area (Å²) < 4.78 is 11.3. The van der Waals surface area contributed by atoms with Gasteiger partial charge in [0, 0.05) is 11.5 Å². The molecule has 0 aliphatic heterocycles. The maximum absolute atomic E-state index is 6.05. The minimum absolute atomic E-state index is 0.476. The summed E-state index contributed by atoms with van der Waals surface area (Å²) in [6.07, 6.45) is 2.55. The van der Waals surface area contributed by atoms with Gasteiger partial charge in [0.05, 0.1) is 10.6 Å². The van der Waals surface area contributed by atoms with Crippen LogP contribution in [-0.4, -0.2) is 16.7 Å². The minimum atomic E-state index is -0.477. The van der Waals surface area contributed by atoms with Gasteiger partial charge in [-0.15, -0.1) is 11.3 Å². The highest BCUT2D eigenvalue weighted by Gasteiger charge is 2.35. The van der Waals surface area contributed by atoms with Crippen LogP contribution in [0.5, 0.6) is 0 Å². The van der Waals surface area contributed by atoms with E-state index in [9.17, 15) is 0 Å². The molecule has 0 aliphatic rings. The van der Waals surface area contributed by atoms with E-state index in [-0.39, 0.29) is 0 Å². The highest BCUT2D eigenvalue weighted by molar-refractivity contribution is 7.16. The Balaban J connectivity index is 2.38. The molecule has 0 radical (unpaired) electrons. The van der Waals surface area contributed by atoms with E-state index in [1.54, 1.807) is 11.3 Å². The van der Waals surface area contributed by atoms with Crippen LogP contribution in [0.1, 0.15) is 51.2 Å². The fraction of sp³-hybridized carbons (Fsp3) is 0.600. The van der Waals surface area contributed by atoms with Crippen LogP contribution in [0.2, 0.25) is 0 Å². The molecule has 21 heavy (non-hydrogen) atoms. The van der Waals surface area contributed by atoms with Gasteiger partial charge in [-0.3, -0.25) is 0 Å². The molecule has 2 heterocycles. The van der Waals surface area contributed by atoms with Crippen LogP contribution in [0, 0.1) is 0 Å². The Bertz CT molecular complexity index is 588. The predicted molar refractivity (Wildman–Crippen MR) is 85.3 cm³/mol. The summed E-state index contributed by atoms with van der Waals surface area (Å²) in [6, 6.07) is 2.03. The number of nitrogens with zero attached hydrogens (tertiary/aromatic N) is 2. The lowest BCUT2D eigenvalue weighted by Gasteiger charge is -2.27. The SMILES string of the molecule is CCOC(CC)(CC)c1noc(-c2cc(CC)sc2N)n1. The first-order valence-corrected chi connectivity index (χ1v) is 8.28. The van der Waals surface area contributed by atoms with Crippen LogP contribution < -0.4 is 5.73 Å². The Kier molecular flexibility index (Phi) is 5.00. The molecule has 2 aromatic heterocycles. The topological polar surface area (TPSA) is 74.2 Å². The normalized spacial score (nSPS) is 12.0. The Morgan fingerprint density at radius 2 is 2.00 bits per heavy atom. The molecule has 6 heteroatoms. The van der Waals surface area contributed by atoms with Crippen LogP contribution >= 0.6 is 11.3 Å². The number of hydrogen-bond acceptors (Lipinski definition) is 6. The van der Waals surface area contributed by atoms with E-state index in [0.717, 1.165) is 29.8 Å². The first-order chi connectivity index (χ1) is 10.1. The molecule has 0 aromatic carbocycles. The van der Waals surface area contributed by atoms with Gasteiger partial charge < -0.3 is 15.0 Å². The van der Waals surface area contributed by atoms with Gasteiger partial charge in [0.25, 0.3) is 5.89 Å². The molecule has 0 saturated carbocycles. The second-order valence-corrected chi connectivity index (χ2v) is 6.07. The Labute approximate surface area is 129 Å². The molecule has 0 amide bonds. The van der Waals surface area contributed by atoms with Crippen molar-refractivity contribution < 1.29 is 9.26 Å². The van der Waals surface area contributed by atoms with E-state index >= 15 is 0 Å². The molecule has 0 atom stereocenters. The summed E-state index contributed by atoms with van der Waals surface area (Å²) in [5.41, 5.74) is 6.40.